The minimum absolute atomic E-state index is 0.00720. The minimum Gasteiger partial charge on any atom is -0.497 e. The molecule has 37 heavy (non-hydrogen) atoms. The number of ether oxygens (including phenoxy) is 2. The Morgan fingerprint density at radius 3 is 2.24 bits per heavy atom. The van der Waals surface area contributed by atoms with Crippen molar-refractivity contribution in [1.82, 2.24) is 15.3 Å². The first kappa shape index (κ1) is 28.6. The average molecular weight is 512 g/mol. The number of primary amides is 1. The van der Waals surface area contributed by atoms with Crippen molar-refractivity contribution in [2.45, 2.75) is 70.0 Å². The molecule has 11 heteroatoms. The van der Waals surface area contributed by atoms with E-state index in [9.17, 15) is 9.59 Å². The van der Waals surface area contributed by atoms with E-state index < -0.39 is 36.1 Å². The molecule has 3 rings (SSSR count). The van der Waals surface area contributed by atoms with Crippen LogP contribution in [0.1, 0.15) is 68.2 Å². The van der Waals surface area contributed by atoms with Crippen LogP contribution < -0.4 is 15.8 Å². The van der Waals surface area contributed by atoms with Crippen molar-refractivity contribution in [2.24, 2.45) is 5.73 Å². The molecule has 0 unspecified atom stereocenters. The fourth-order valence-electron chi connectivity index (χ4n) is 4.17. The Labute approximate surface area is 218 Å². The topological polar surface area (TPSA) is 135 Å². The molecule has 0 saturated carbocycles. The number of hydrogen-bond acceptors (Lipinski definition) is 8. The van der Waals surface area contributed by atoms with Gasteiger partial charge in [0.1, 0.15) is 17.4 Å². The van der Waals surface area contributed by atoms with Gasteiger partial charge in [-0.05, 0) is 64.7 Å². The Balaban J connectivity index is 1.80. The number of hydrogen-bond donors (Lipinski definition) is 2. The zero-order chi connectivity index (χ0) is 27.2. The van der Waals surface area contributed by atoms with Crippen LogP contribution in [0.25, 0.3) is 0 Å². The van der Waals surface area contributed by atoms with Gasteiger partial charge in [-0.2, -0.15) is 0 Å². The monoisotopic (exact) mass is 512 g/mol. The Kier molecular flexibility index (Phi) is 9.28. The van der Waals surface area contributed by atoms with Crippen LogP contribution in [0.5, 0.6) is 5.75 Å². The molecule has 1 aromatic heterocycles. The third kappa shape index (κ3) is 6.85. The van der Waals surface area contributed by atoms with Crippen molar-refractivity contribution in [2.75, 3.05) is 20.8 Å². The molecule has 1 aliphatic rings. The Bertz CT molecular complexity index is 1060. The zero-order valence-electron chi connectivity index (χ0n) is 22.4. The van der Waals surface area contributed by atoms with E-state index in [1.54, 1.807) is 7.11 Å². The number of aryl methyl sites for hydroxylation is 1. The lowest BCUT2D eigenvalue weighted by Gasteiger charge is -2.32. The number of carbonyl (C=O) groups is 2. The van der Waals surface area contributed by atoms with Gasteiger partial charge >= 0.3 is 7.12 Å². The van der Waals surface area contributed by atoms with E-state index in [0.29, 0.717) is 6.42 Å². The Morgan fingerprint density at radius 1 is 1.05 bits per heavy atom. The molecule has 0 bridgehead atoms. The van der Waals surface area contributed by atoms with E-state index in [1.807, 2.05) is 52.0 Å². The first-order valence-corrected chi connectivity index (χ1v) is 12.4. The molecule has 0 radical (unpaired) electrons. The molecular weight excluding hydrogens is 475 g/mol. The van der Waals surface area contributed by atoms with E-state index in [2.05, 4.69) is 15.3 Å². The van der Waals surface area contributed by atoms with Crippen molar-refractivity contribution in [3.8, 4) is 5.75 Å². The SMILES string of the molecule is COC[C@H](C(=O)N[C@@H](CCCc1ccc(OC)cc1)B1OC(C)(C)C(C)(C)O1)c1nccnc1C(N)=O. The van der Waals surface area contributed by atoms with E-state index in [0.717, 1.165) is 24.2 Å². The summed E-state index contributed by atoms with van der Waals surface area (Å²) in [5.74, 6) is -1.70. The Hall–Kier alpha value is -3.02. The van der Waals surface area contributed by atoms with E-state index >= 15 is 0 Å². The molecule has 2 aromatic rings. The van der Waals surface area contributed by atoms with Crippen LogP contribution in [-0.4, -0.2) is 66.9 Å². The van der Waals surface area contributed by atoms with Gasteiger partial charge in [-0.3, -0.25) is 14.6 Å². The van der Waals surface area contributed by atoms with Crippen LogP contribution >= 0.6 is 0 Å². The second-order valence-electron chi connectivity index (χ2n) is 10.1. The number of nitrogens with zero attached hydrogens (tertiary/aromatic N) is 2. The predicted octanol–water partition coefficient (Wildman–Crippen LogP) is 2.45. The molecule has 3 N–H and O–H groups in total. The van der Waals surface area contributed by atoms with Gasteiger partial charge in [0.25, 0.3) is 5.91 Å². The summed E-state index contributed by atoms with van der Waals surface area (Å²) in [5, 5.41) is 3.08. The molecule has 1 aliphatic heterocycles. The molecule has 1 fully saturated rings. The summed E-state index contributed by atoms with van der Waals surface area (Å²) in [6, 6.07) is 7.90. The van der Waals surface area contributed by atoms with Gasteiger partial charge in [-0.25, -0.2) is 4.98 Å². The lowest BCUT2D eigenvalue weighted by atomic mass is 9.75. The van der Waals surface area contributed by atoms with Crippen molar-refractivity contribution in [1.29, 1.82) is 0 Å². The summed E-state index contributed by atoms with van der Waals surface area (Å²) >= 11 is 0. The number of nitrogens with two attached hydrogens (primary N) is 1. The second-order valence-corrected chi connectivity index (χ2v) is 10.1. The van der Waals surface area contributed by atoms with Crippen molar-refractivity contribution in [3.63, 3.8) is 0 Å². The molecule has 0 aliphatic carbocycles. The minimum atomic E-state index is -0.896. The number of nitrogens with one attached hydrogen (secondary N) is 1. The molecule has 10 nitrogen and oxygen atoms in total. The van der Waals surface area contributed by atoms with Gasteiger partial charge in [0.15, 0.2) is 0 Å². The van der Waals surface area contributed by atoms with E-state index in [1.165, 1.54) is 19.5 Å². The largest absolute Gasteiger partial charge is 0.497 e. The highest BCUT2D eigenvalue weighted by molar-refractivity contribution is 6.48. The molecule has 0 spiro atoms. The average Bonchev–Trinajstić information content (AvgIpc) is 3.08. The third-order valence-corrected chi connectivity index (χ3v) is 7.01. The second kappa shape index (κ2) is 12.0. The van der Waals surface area contributed by atoms with Crippen LogP contribution in [0.15, 0.2) is 36.7 Å². The summed E-state index contributed by atoms with van der Waals surface area (Å²) in [6.45, 7) is 7.86. The third-order valence-electron chi connectivity index (χ3n) is 7.01. The molecule has 1 saturated heterocycles. The molecule has 2 heterocycles. The van der Waals surface area contributed by atoms with Gasteiger partial charge in [0.2, 0.25) is 5.91 Å². The maximum atomic E-state index is 13.6. The molecule has 200 valence electrons. The zero-order valence-corrected chi connectivity index (χ0v) is 22.4. The smallest absolute Gasteiger partial charge is 0.481 e. The van der Waals surface area contributed by atoms with Crippen LogP contribution in [0.2, 0.25) is 0 Å². The summed E-state index contributed by atoms with van der Waals surface area (Å²) in [5.41, 5.74) is 5.62. The first-order chi connectivity index (χ1) is 17.5. The van der Waals surface area contributed by atoms with Gasteiger partial charge < -0.3 is 29.8 Å². The van der Waals surface area contributed by atoms with Crippen LogP contribution in [0.4, 0.5) is 0 Å². The van der Waals surface area contributed by atoms with Crippen molar-refractivity contribution in [3.05, 3.63) is 53.6 Å². The lowest BCUT2D eigenvalue weighted by molar-refractivity contribution is -0.124. The van der Waals surface area contributed by atoms with E-state index in [-0.39, 0.29) is 23.9 Å². The summed E-state index contributed by atoms with van der Waals surface area (Å²) in [6.07, 6.45) is 4.94. The number of amides is 2. The molecule has 1 aromatic carbocycles. The maximum absolute atomic E-state index is 13.6. The number of carbonyl (C=O) groups excluding carboxylic acids is 2. The Morgan fingerprint density at radius 2 is 1.68 bits per heavy atom. The normalized spacial score (nSPS) is 17.7. The first-order valence-electron chi connectivity index (χ1n) is 12.4. The highest BCUT2D eigenvalue weighted by Crippen LogP contribution is 2.38. The predicted molar refractivity (Wildman–Crippen MR) is 139 cm³/mol. The quantitative estimate of drug-likeness (QED) is 0.414. The summed E-state index contributed by atoms with van der Waals surface area (Å²) in [7, 11) is 2.45. The number of aromatic nitrogens is 2. The highest BCUT2D eigenvalue weighted by atomic mass is 16.7. The van der Waals surface area contributed by atoms with Crippen LogP contribution in [-0.2, 0) is 25.3 Å². The van der Waals surface area contributed by atoms with Crippen LogP contribution in [0, 0.1) is 0 Å². The molecule has 2 atom stereocenters. The van der Waals surface area contributed by atoms with Gasteiger partial charge in [-0.15, -0.1) is 0 Å². The highest BCUT2D eigenvalue weighted by Gasteiger charge is 2.54. The van der Waals surface area contributed by atoms with Gasteiger partial charge in [0.05, 0.1) is 36.6 Å². The summed E-state index contributed by atoms with van der Waals surface area (Å²) in [4.78, 5) is 33.8. The standard InChI is InChI=1S/C26H37BN4O6/c1-25(2)26(3,4)37-27(36-25)20(9-7-8-17-10-12-18(35-6)13-11-17)31-24(33)19(16-34-5)21-22(23(28)32)30-15-14-29-21/h10-15,19-20H,7-9,16H2,1-6H3,(H2,28,32)(H,31,33)/t19-,20-/m0/s1. The van der Waals surface area contributed by atoms with Gasteiger partial charge in [0, 0.05) is 19.5 Å². The number of methoxy groups -OCH3 is 2. The molecular formula is C26H37BN4O6. The van der Waals surface area contributed by atoms with E-state index in [4.69, 9.17) is 24.5 Å². The van der Waals surface area contributed by atoms with Crippen LogP contribution in [0.3, 0.4) is 0 Å². The van der Waals surface area contributed by atoms with Crippen molar-refractivity contribution < 1.29 is 28.4 Å². The fraction of sp³-hybridized carbons (Fsp3) is 0.538. The maximum Gasteiger partial charge on any atom is 0.481 e. The summed E-state index contributed by atoms with van der Waals surface area (Å²) < 4.78 is 23.1. The molecule has 2 amide bonds. The van der Waals surface area contributed by atoms with Crippen molar-refractivity contribution >= 4 is 18.9 Å². The van der Waals surface area contributed by atoms with Gasteiger partial charge in [-0.1, -0.05) is 12.1 Å². The number of rotatable bonds is 12. The lowest BCUT2D eigenvalue weighted by Crippen LogP contribution is -2.50. The number of benzene rings is 1. The fourth-order valence-corrected chi connectivity index (χ4v) is 4.17.